The smallest absolute Gasteiger partial charge is 0.150 e. The molecule has 0 aliphatic carbocycles. The Morgan fingerprint density at radius 2 is 1.24 bits per heavy atom. The molecule has 0 bridgehead atoms. The molecule has 88 valence electrons. The third kappa shape index (κ3) is 3.43. The zero-order valence-corrected chi connectivity index (χ0v) is 9.76. The standard InChI is InChI=1S/C13H11NO.CH5N/c14-13-7-5-12(6-8-13)11-3-1-10(9-15)2-4-11;1-2/h1-9H,14H2;2H2,1H3. The molecular formula is C14H16N2O. The van der Waals surface area contributed by atoms with E-state index in [1.807, 2.05) is 36.4 Å². The van der Waals surface area contributed by atoms with E-state index in [2.05, 4.69) is 5.73 Å². The van der Waals surface area contributed by atoms with Crippen molar-refractivity contribution >= 4 is 12.0 Å². The molecule has 0 aliphatic rings. The fourth-order valence-corrected chi connectivity index (χ4v) is 1.43. The molecule has 3 nitrogen and oxygen atoms in total. The minimum absolute atomic E-state index is 0.689. The maximum atomic E-state index is 10.5. The zero-order chi connectivity index (χ0) is 12.7. The van der Waals surface area contributed by atoms with E-state index in [1.54, 1.807) is 12.1 Å². The predicted molar refractivity (Wildman–Crippen MR) is 71.8 cm³/mol. The fraction of sp³-hybridized carbons (Fsp3) is 0.0714. The van der Waals surface area contributed by atoms with Gasteiger partial charge in [0.1, 0.15) is 6.29 Å². The van der Waals surface area contributed by atoms with Crippen molar-refractivity contribution in [3.63, 3.8) is 0 Å². The van der Waals surface area contributed by atoms with Crippen molar-refractivity contribution in [2.75, 3.05) is 12.8 Å². The Morgan fingerprint density at radius 1 is 0.824 bits per heavy atom. The van der Waals surface area contributed by atoms with Crippen molar-refractivity contribution in [2.45, 2.75) is 0 Å². The molecule has 17 heavy (non-hydrogen) atoms. The van der Waals surface area contributed by atoms with E-state index in [9.17, 15) is 4.79 Å². The van der Waals surface area contributed by atoms with E-state index < -0.39 is 0 Å². The first-order valence-electron chi connectivity index (χ1n) is 5.28. The van der Waals surface area contributed by atoms with Crippen LogP contribution in [0.1, 0.15) is 10.4 Å². The molecule has 2 aromatic carbocycles. The lowest BCUT2D eigenvalue weighted by Crippen LogP contribution is -1.84. The van der Waals surface area contributed by atoms with Crippen molar-refractivity contribution in [1.82, 2.24) is 0 Å². The molecule has 0 unspecified atom stereocenters. The molecular weight excluding hydrogens is 212 g/mol. The second-order valence-electron chi connectivity index (χ2n) is 3.36. The summed E-state index contributed by atoms with van der Waals surface area (Å²) in [6.07, 6.45) is 0.840. The molecule has 0 atom stereocenters. The van der Waals surface area contributed by atoms with Crippen molar-refractivity contribution in [2.24, 2.45) is 5.73 Å². The van der Waals surface area contributed by atoms with Gasteiger partial charge in [-0.2, -0.15) is 0 Å². The maximum Gasteiger partial charge on any atom is 0.150 e. The number of nitrogens with two attached hydrogens (primary N) is 2. The van der Waals surface area contributed by atoms with Gasteiger partial charge in [0.25, 0.3) is 0 Å². The average molecular weight is 228 g/mol. The van der Waals surface area contributed by atoms with Crippen LogP contribution < -0.4 is 11.5 Å². The lowest BCUT2D eigenvalue weighted by Gasteiger charge is -2.02. The molecule has 4 N–H and O–H groups in total. The van der Waals surface area contributed by atoms with Gasteiger partial charge in [-0.15, -0.1) is 0 Å². The van der Waals surface area contributed by atoms with Gasteiger partial charge in [-0.25, -0.2) is 0 Å². The summed E-state index contributed by atoms with van der Waals surface area (Å²) in [6, 6.07) is 15.1. The Kier molecular flexibility index (Phi) is 4.91. The molecule has 0 fully saturated rings. The third-order valence-corrected chi connectivity index (χ3v) is 2.29. The minimum Gasteiger partial charge on any atom is -0.399 e. The fourth-order valence-electron chi connectivity index (χ4n) is 1.43. The topological polar surface area (TPSA) is 69.1 Å². The molecule has 0 heterocycles. The molecule has 0 saturated heterocycles. The van der Waals surface area contributed by atoms with Gasteiger partial charge in [0, 0.05) is 11.3 Å². The highest BCUT2D eigenvalue weighted by Gasteiger charge is 1.97. The number of hydrogen-bond donors (Lipinski definition) is 2. The molecule has 0 radical (unpaired) electrons. The van der Waals surface area contributed by atoms with Crippen LogP contribution in [0.15, 0.2) is 48.5 Å². The van der Waals surface area contributed by atoms with Crippen LogP contribution in [-0.2, 0) is 0 Å². The van der Waals surface area contributed by atoms with Gasteiger partial charge in [0.05, 0.1) is 0 Å². The van der Waals surface area contributed by atoms with Crippen LogP contribution in [0.3, 0.4) is 0 Å². The van der Waals surface area contributed by atoms with Crippen LogP contribution in [-0.4, -0.2) is 13.3 Å². The van der Waals surface area contributed by atoms with Crippen LogP contribution in [0.4, 0.5) is 5.69 Å². The highest BCUT2D eigenvalue weighted by atomic mass is 16.1. The molecule has 0 spiro atoms. The van der Waals surface area contributed by atoms with Crippen molar-refractivity contribution < 1.29 is 4.79 Å². The van der Waals surface area contributed by atoms with E-state index in [0.29, 0.717) is 5.56 Å². The van der Waals surface area contributed by atoms with E-state index >= 15 is 0 Å². The molecule has 3 heteroatoms. The van der Waals surface area contributed by atoms with Gasteiger partial charge in [0.2, 0.25) is 0 Å². The Balaban J connectivity index is 0.000000686. The molecule has 2 rings (SSSR count). The van der Waals surface area contributed by atoms with Crippen LogP contribution in [0, 0.1) is 0 Å². The first kappa shape index (κ1) is 12.9. The molecule has 0 aliphatic heterocycles. The minimum atomic E-state index is 0.689. The number of carbonyl (C=O) groups is 1. The second-order valence-corrected chi connectivity index (χ2v) is 3.36. The Bertz CT molecular complexity index is 461. The first-order chi connectivity index (χ1) is 8.29. The summed E-state index contributed by atoms with van der Waals surface area (Å²) >= 11 is 0. The highest BCUT2D eigenvalue weighted by Crippen LogP contribution is 2.20. The van der Waals surface area contributed by atoms with Crippen molar-refractivity contribution in [3.8, 4) is 11.1 Å². The quantitative estimate of drug-likeness (QED) is 0.612. The molecule has 2 aromatic rings. The summed E-state index contributed by atoms with van der Waals surface area (Å²) in [4.78, 5) is 10.5. The largest absolute Gasteiger partial charge is 0.399 e. The summed E-state index contributed by atoms with van der Waals surface area (Å²) in [5.74, 6) is 0. The van der Waals surface area contributed by atoms with Crippen molar-refractivity contribution in [3.05, 3.63) is 54.1 Å². The number of rotatable bonds is 2. The van der Waals surface area contributed by atoms with Gasteiger partial charge in [-0.3, -0.25) is 4.79 Å². The Hall–Kier alpha value is -2.13. The average Bonchev–Trinajstić information content (AvgIpc) is 2.42. The zero-order valence-electron chi connectivity index (χ0n) is 9.76. The van der Waals surface area contributed by atoms with Crippen LogP contribution >= 0.6 is 0 Å². The summed E-state index contributed by atoms with van der Waals surface area (Å²) < 4.78 is 0. The number of anilines is 1. The third-order valence-electron chi connectivity index (χ3n) is 2.29. The number of benzene rings is 2. The van der Waals surface area contributed by atoms with Gasteiger partial charge in [0.15, 0.2) is 0 Å². The number of aldehydes is 1. The van der Waals surface area contributed by atoms with E-state index in [-0.39, 0.29) is 0 Å². The normalized spacial score (nSPS) is 9.06. The van der Waals surface area contributed by atoms with Gasteiger partial charge in [-0.1, -0.05) is 36.4 Å². The predicted octanol–water partition coefficient (Wildman–Crippen LogP) is 2.32. The molecule has 0 amide bonds. The highest BCUT2D eigenvalue weighted by molar-refractivity contribution is 5.77. The number of carbonyl (C=O) groups excluding carboxylic acids is 1. The molecule has 0 aromatic heterocycles. The Labute approximate surface area is 101 Å². The summed E-state index contributed by atoms with van der Waals surface area (Å²) in [5, 5.41) is 0. The number of nitrogen functional groups attached to an aromatic ring is 1. The van der Waals surface area contributed by atoms with Gasteiger partial charge in [-0.05, 0) is 30.3 Å². The van der Waals surface area contributed by atoms with Crippen molar-refractivity contribution in [1.29, 1.82) is 0 Å². The van der Waals surface area contributed by atoms with Crippen LogP contribution in [0.5, 0.6) is 0 Å². The van der Waals surface area contributed by atoms with E-state index in [0.717, 1.165) is 23.1 Å². The summed E-state index contributed by atoms with van der Waals surface area (Å²) in [5.41, 5.74) is 13.7. The number of hydrogen-bond acceptors (Lipinski definition) is 3. The van der Waals surface area contributed by atoms with Gasteiger partial charge < -0.3 is 11.5 Å². The van der Waals surface area contributed by atoms with Crippen LogP contribution in [0.25, 0.3) is 11.1 Å². The summed E-state index contributed by atoms with van der Waals surface area (Å²) in [6.45, 7) is 0. The molecule has 0 saturated carbocycles. The van der Waals surface area contributed by atoms with E-state index in [1.165, 1.54) is 7.05 Å². The lowest BCUT2D eigenvalue weighted by molar-refractivity contribution is 0.112. The van der Waals surface area contributed by atoms with Gasteiger partial charge >= 0.3 is 0 Å². The second kappa shape index (κ2) is 6.45. The SMILES string of the molecule is CN.Nc1ccc(-c2ccc(C=O)cc2)cc1. The summed E-state index contributed by atoms with van der Waals surface area (Å²) in [7, 11) is 1.50. The maximum absolute atomic E-state index is 10.5. The lowest BCUT2D eigenvalue weighted by atomic mass is 10.0. The van der Waals surface area contributed by atoms with Crippen LogP contribution in [0.2, 0.25) is 0 Å². The first-order valence-corrected chi connectivity index (χ1v) is 5.28. The Morgan fingerprint density at radius 3 is 1.65 bits per heavy atom. The van der Waals surface area contributed by atoms with E-state index in [4.69, 9.17) is 5.73 Å². The monoisotopic (exact) mass is 228 g/mol.